The number of hydrogen-bond acceptors (Lipinski definition) is 15. The van der Waals surface area contributed by atoms with E-state index in [9.17, 15) is 43.2 Å². The van der Waals surface area contributed by atoms with Crippen molar-refractivity contribution in [3.63, 3.8) is 0 Å². The Morgan fingerprint density at radius 1 is 0.260 bits per heavy atom. The molecule has 0 aromatic heterocycles. The second-order valence-electron chi connectivity index (χ2n) is 29.7. The summed E-state index contributed by atoms with van der Waals surface area (Å²) in [4.78, 5) is 72.7. The Kier molecular flexibility index (Phi) is 65.0. The smallest absolute Gasteiger partial charge is 0.462 e. The Balaban J connectivity index is 5.16. The van der Waals surface area contributed by atoms with Crippen LogP contribution >= 0.6 is 15.6 Å². The number of phosphoric ester groups is 2. The SMILES string of the molecule is CC(C)CCCCCCCCCCCCCCCCCCCCC(=O)O[C@H](COC(=O)CCCCCCCCC(C)C)COP(=O)(O)OCC(O)COP(=O)(O)OC[C@@H](COC(=O)CCCCCCCCCC(C)C)OC(=O)CCCCCCCCCCCCCCCC(C)C. The van der Waals surface area contributed by atoms with Crippen molar-refractivity contribution in [1.82, 2.24) is 0 Å². The highest BCUT2D eigenvalue weighted by Crippen LogP contribution is 2.45. The highest BCUT2D eigenvalue weighted by atomic mass is 31.2. The summed E-state index contributed by atoms with van der Waals surface area (Å²) in [5, 5.41) is 10.6. The first kappa shape index (κ1) is 94.1. The molecule has 0 saturated heterocycles. The molecular formula is C77H150O17P2. The lowest BCUT2D eigenvalue weighted by molar-refractivity contribution is -0.161. The van der Waals surface area contributed by atoms with Crippen LogP contribution in [0.3, 0.4) is 0 Å². The van der Waals surface area contributed by atoms with Crippen LogP contribution in [0, 0.1) is 23.7 Å². The third-order valence-corrected chi connectivity index (χ3v) is 19.7. The van der Waals surface area contributed by atoms with Crippen molar-refractivity contribution in [2.45, 2.75) is 408 Å². The van der Waals surface area contributed by atoms with Gasteiger partial charge in [-0.1, -0.05) is 338 Å². The number of phosphoric acid groups is 2. The van der Waals surface area contributed by atoms with Crippen molar-refractivity contribution in [3.05, 3.63) is 0 Å². The molecule has 0 saturated carbocycles. The van der Waals surface area contributed by atoms with E-state index in [0.717, 1.165) is 115 Å². The molecule has 96 heavy (non-hydrogen) atoms. The first-order chi connectivity index (χ1) is 46.1. The number of aliphatic hydroxyl groups is 1. The van der Waals surface area contributed by atoms with Gasteiger partial charge in [0, 0.05) is 25.7 Å². The Morgan fingerprint density at radius 3 is 0.646 bits per heavy atom. The maximum Gasteiger partial charge on any atom is 0.472 e. The van der Waals surface area contributed by atoms with E-state index in [1.807, 2.05) is 0 Å². The topological polar surface area (TPSA) is 237 Å². The number of rotatable bonds is 74. The molecule has 0 heterocycles. The molecular weight excluding hydrogens is 1260 g/mol. The molecule has 3 N–H and O–H groups in total. The van der Waals surface area contributed by atoms with Crippen LogP contribution in [0.5, 0.6) is 0 Å². The van der Waals surface area contributed by atoms with Gasteiger partial charge in [0.1, 0.15) is 19.3 Å². The molecule has 0 amide bonds. The van der Waals surface area contributed by atoms with Crippen LogP contribution in [0.15, 0.2) is 0 Å². The summed E-state index contributed by atoms with van der Waals surface area (Å²) in [5.41, 5.74) is 0. The van der Waals surface area contributed by atoms with Crippen LogP contribution in [-0.4, -0.2) is 96.7 Å². The monoisotopic (exact) mass is 1410 g/mol. The molecule has 0 aliphatic rings. The summed E-state index contributed by atoms with van der Waals surface area (Å²) in [5.74, 6) is 0.868. The van der Waals surface area contributed by atoms with E-state index >= 15 is 0 Å². The molecule has 0 radical (unpaired) electrons. The zero-order chi connectivity index (χ0) is 71.0. The van der Waals surface area contributed by atoms with Gasteiger partial charge >= 0.3 is 39.5 Å². The summed E-state index contributed by atoms with van der Waals surface area (Å²) in [7, 11) is -9.91. The first-order valence-corrected chi connectivity index (χ1v) is 42.7. The molecule has 0 fully saturated rings. The largest absolute Gasteiger partial charge is 0.472 e. The van der Waals surface area contributed by atoms with Crippen LogP contribution in [0.1, 0.15) is 389 Å². The summed E-state index contributed by atoms with van der Waals surface area (Å²) in [6.07, 6.45) is 51.7. The molecule has 0 aliphatic heterocycles. The standard InChI is InChI=1S/C77H150O17P2/c1-67(2)53-45-37-29-24-20-16-13-11-9-10-12-14-18-22-26-32-43-51-59-77(82)94-73(64-88-75(80)58-50-42-36-35-40-48-56-70(7)8)66-92-96(85,86)90-62-71(78)61-89-95(83,84)91-65-72(63-87-74(79)57-49-41-34-28-31-39-47-55-69(5)6)93-76(81)60-52-44-33-27-23-19-15-17-21-25-30-38-46-54-68(3)4/h67-73,78H,9-66H2,1-8H3,(H,83,84)(H,85,86)/t71?,72-,73-/m1/s1. The summed E-state index contributed by atoms with van der Waals surface area (Å²) < 4.78 is 68.5. The number of ether oxygens (including phenoxy) is 4. The minimum Gasteiger partial charge on any atom is -0.462 e. The van der Waals surface area contributed by atoms with Crippen molar-refractivity contribution >= 4 is 39.5 Å². The lowest BCUT2D eigenvalue weighted by atomic mass is 10.0. The predicted molar refractivity (Wildman–Crippen MR) is 391 cm³/mol. The molecule has 5 atom stereocenters. The summed E-state index contributed by atoms with van der Waals surface area (Å²) >= 11 is 0. The van der Waals surface area contributed by atoms with Gasteiger partial charge in [0.25, 0.3) is 0 Å². The van der Waals surface area contributed by atoms with Crippen molar-refractivity contribution in [2.75, 3.05) is 39.6 Å². The predicted octanol–water partition coefficient (Wildman–Crippen LogP) is 22.4. The molecule has 0 aromatic rings. The van der Waals surface area contributed by atoms with Gasteiger partial charge in [-0.3, -0.25) is 37.3 Å². The summed E-state index contributed by atoms with van der Waals surface area (Å²) in [6.45, 7) is 14.1. The first-order valence-electron chi connectivity index (χ1n) is 39.7. The van der Waals surface area contributed by atoms with Crippen LogP contribution in [0.4, 0.5) is 0 Å². The molecule has 0 aliphatic carbocycles. The molecule has 3 unspecified atom stereocenters. The van der Waals surface area contributed by atoms with Gasteiger partial charge in [-0.15, -0.1) is 0 Å². The van der Waals surface area contributed by atoms with E-state index in [2.05, 4.69) is 55.4 Å². The van der Waals surface area contributed by atoms with Gasteiger partial charge in [0.05, 0.1) is 26.4 Å². The zero-order valence-corrected chi connectivity index (χ0v) is 64.8. The fraction of sp³-hybridized carbons (Fsp3) is 0.948. The molecule has 0 rings (SSSR count). The van der Waals surface area contributed by atoms with Crippen LogP contribution in [0.2, 0.25) is 0 Å². The van der Waals surface area contributed by atoms with E-state index < -0.39 is 97.5 Å². The van der Waals surface area contributed by atoms with Crippen LogP contribution < -0.4 is 0 Å². The van der Waals surface area contributed by atoms with E-state index in [4.69, 9.17) is 37.0 Å². The third-order valence-electron chi connectivity index (χ3n) is 17.8. The average Bonchev–Trinajstić information content (AvgIpc) is 1.10. The quantitative estimate of drug-likeness (QED) is 0.0222. The lowest BCUT2D eigenvalue weighted by Crippen LogP contribution is -2.30. The summed E-state index contributed by atoms with van der Waals surface area (Å²) in [6, 6.07) is 0. The van der Waals surface area contributed by atoms with E-state index in [1.165, 1.54) is 180 Å². The second-order valence-corrected chi connectivity index (χ2v) is 32.6. The van der Waals surface area contributed by atoms with E-state index in [0.29, 0.717) is 37.5 Å². The van der Waals surface area contributed by atoms with Gasteiger partial charge in [0.2, 0.25) is 0 Å². The maximum atomic E-state index is 13.1. The van der Waals surface area contributed by atoms with Crippen molar-refractivity contribution in [2.24, 2.45) is 23.7 Å². The van der Waals surface area contributed by atoms with E-state index in [-0.39, 0.29) is 25.7 Å². The fourth-order valence-electron chi connectivity index (χ4n) is 11.7. The normalized spacial score (nSPS) is 14.1. The lowest BCUT2D eigenvalue weighted by Gasteiger charge is -2.21. The highest BCUT2D eigenvalue weighted by molar-refractivity contribution is 7.47. The Hall–Kier alpha value is -1.94. The Bertz CT molecular complexity index is 1880. The maximum absolute atomic E-state index is 13.1. The number of esters is 4. The van der Waals surface area contributed by atoms with Crippen molar-refractivity contribution in [1.29, 1.82) is 0 Å². The van der Waals surface area contributed by atoms with Gasteiger partial charge in [-0.05, 0) is 49.4 Å². The van der Waals surface area contributed by atoms with Crippen molar-refractivity contribution < 1.29 is 80.2 Å². The van der Waals surface area contributed by atoms with Crippen LogP contribution in [0.25, 0.3) is 0 Å². The third kappa shape index (κ3) is 70.5. The van der Waals surface area contributed by atoms with Crippen molar-refractivity contribution in [3.8, 4) is 0 Å². The minimum absolute atomic E-state index is 0.106. The second kappa shape index (κ2) is 66.3. The van der Waals surface area contributed by atoms with E-state index in [1.54, 1.807) is 0 Å². The fourth-order valence-corrected chi connectivity index (χ4v) is 13.3. The molecule has 0 bridgehead atoms. The molecule has 17 nitrogen and oxygen atoms in total. The molecule has 570 valence electrons. The number of aliphatic hydroxyl groups excluding tert-OH is 1. The Morgan fingerprint density at radius 2 is 0.438 bits per heavy atom. The van der Waals surface area contributed by atoms with Crippen LogP contribution in [-0.2, 0) is 65.4 Å². The minimum atomic E-state index is -4.96. The number of carbonyl (C=O) groups excluding carboxylic acids is 4. The Labute approximate surface area is 588 Å². The number of hydrogen-bond donors (Lipinski definition) is 3. The van der Waals surface area contributed by atoms with Gasteiger partial charge in [-0.25, -0.2) is 9.13 Å². The van der Waals surface area contributed by atoms with Gasteiger partial charge < -0.3 is 33.8 Å². The number of unbranched alkanes of at least 4 members (excludes halogenated alkanes) is 40. The zero-order valence-electron chi connectivity index (χ0n) is 63.0. The molecule has 0 spiro atoms. The average molecular weight is 1410 g/mol. The molecule has 19 heteroatoms. The van der Waals surface area contributed by atoms with Gasteiger partial charge in [-0.2, -0.15) is 0 Å². The molecule has 0 aromatic carbocycles. The van der Waals surface area contributed by atoms with Gasteiger partial charge in [0.15, 0.2) is 12.2 Å². The number of carbonyl (C=O) groups is 4. The highest BCUT2D eigenvalue weighted by Gasteiger charge is 2.30.